The summed E-state index contributed by atoms with van der Waals surface area (Å²) in [5.74, 6) is 1.07. The molecule has 1 saturated carbocycles. The Morgan fingerprint density at radius 2 is 1.36 bits per heavy atom. The number of carbonyl (C=O) groups is 2. The van der Waals surface area contributed by atoms with Crippen molar-refractivity contribution >= 4 is 12.3 Å². The second kappa shape index (κ2) is 12.0. The van der Waals surface area contributed by atoms with Crippen LogP contribution in [-0.4, -0.2) is 37.7 Å². The Bertz CT molecular complexity index is 393. The van der Waals surface area contributed by atoms with Gasteiger partial charge in [0, 0.05) is 6.42 Å². The highest BCUT2D eigenvalue weighted by Crippen LogP contribution is 2.24. The molecule has 1 aliphatic carbocycles. The standard InChI is InChI=1S/C19H34O6/c1-14(2)7-6-11-22-18(20)24-16-8-5-9-17(13-16)25-19(21)23-12-10-15(3)4/h14-17H,5-13H2,1-4H3. The molecule has 0 N–H and O–H groups in total. The third-order valence-electron chi connectivity index (χ3n) is 4.16. The number of hydrogen-bond donors (Lipinski definition) is 0. The van der Waals surface area contributed by atoms with Crippen molar-refractivity contribution in [3.05, 3.63) is 0 Å². The lowest BCUT2D eigenvalue weighted by atomic mass is 9.95. The van der Waals surface area contributed by atoms with Crippen LogP contribution in [0.1, 0.15) is 72.6 Å². The van der Waals surface area contributed by atoms with Gasteiger partial charge in [0.15, 0.2) is 0 Å². The molecule has 0 aliphatic heterocycles. The van der Waals surface area contributed by atoms with Gasteiger partial charge in [-0.05, 0) is 50.4 Å². The van der Waals surface area contributed by atoms with Crippen LogP contribution in [0.15, 0.2) is 0 Å². The summed E-state index contributed by atoms with van der Waals surface area (Å²) in [6.07, 6.45) is 3.75. The number of ether oxygens (including phenoxy) is 4. The monoisotopic (exact) mass is 358 g/mol. The maximum absolute atomic E-state index is 11.7. The van der Waals surface area contributed by atoms with Crippen molar-refractivity contribution in [1.82, 2.24) is 0 Å². The first-order valence-electron chi connectivity index (χ1n) is 9.53. The predicted molar refractivity (Wildman–Crippen MR) is 94.4 cm³/mol. The molecule has 1 fully saturated rings. The van der Waals surface area contributed by atoms with Crippen LogP contribution in [-0.2, 0) is 18.9 Å². The van der Waals surface area contributed by atoms with E-state index in [0.29, 0.717) is 31.5 Å². The van der Waals surface area contributed by atoms with E-state index in [1.54, 1.807) is 0 Å². The van der Waals surface area contributed by atoms with E-state index in [2.05, 4.69) is 27.7 Å². The van der Waals surface area contributed by atoms with Crippen LogP contribution < -0.4 is 0 Å². The Hall–Kier alpha value is -1.46. The molecule has 0 radical (unpaired) electrons. The van der Waals surface area contributed by atoms with E-state index in [1.807, 2.05) is 0 Å². The molecule has 0 heterocycles. The van der Waals surface area contributed by atoms with Crippen molar-refractivity contribution in [2.45, 2.75) is 84.8 Å². The fraction of sp³-hybridized carbons (Fsp3) is 0.895. The molecule has 0 saturated heterocycles. The zero-order valence-electron chi connectivity index (χ0n) is 16.1. The van der Waals surface area contributed by atoms with Crippen LogP contribution in [0.3, 0.4) is 0 Å². The fourth-order valence-corrected chi connectivity index (χ4v) is 2.68. The molecule has 6 heteroatoms. The smallest absolute Gasteiger partial charge is 0.434 e. The van der Waals surface area contributed by atoms with Crippen LogP contribution >= 0.6 is 0 Å². The minimum atomic E-state index is -0.637. The first kappa shape index (κ1) is 21.6. The molecule has 25 heavy (non-hydrogen) atoms. The molecule has 1 aliphatic rings. The molecule has 146 valence electrons. The van der Waals surface area contributed by atoms with Gasteiger partial charge in [0.05, 0.1) is 13.2 Å². The highest BCUT2D eigenvalue weighted by atomic mass is 16.7. The summed E-state index contributed by atoms with van der Waals surface area (Å²) >= 11 is 0. The van der Waals surface area contributed by atoms with Gasteiger partial charge in [-0.3, -0.25) is 0 Å². The largest absolute Gasteiger partial charge is 0.508 e. The van der Waals surface area contributed by atoms with Crippen molar-refractivity contribution in [2.24, 2.45) is 11.8 Å². The van der Waals surface area contributed by atoms with E-state index in [1.165, 1.54) is 0 Å². The van der Waals surface area contributed by atoms with Crippen molar-refractivity contribution < 1.29 is 28.5 Å². The summed E-state index contributed by atoms with van der Waals surface area (Å²) in [5, 5.41) is 0. The predicted octanol–water partition coefficient (Wildman–Crippen LogP) is 5.09. The Balaban J connectivity index is 2.20. The minimum absolute atomic E-state index is 0.264. The second-order valence-corrected chi connectivity index (χ2v) is 7.56. The van der Waals surface area contributed by atoms with Crippen molar-refractivity contribution in [3.63, 3.8) is 0 Å². The number of rotatable bonds is 9. The lowest BCUT2D eigenvalue weighted by molar-refractivity contribution is -0.0354. The van der Waals surface area contributed by atoms with E-state index >= 15 is 0 Å². The van der Waals surface area contributed by atoms with Crippen molar-refractivity contribution in [1.29, 1.82) is 0 Å². The average Bonchev–Trinajstić information content (AvgIpc) is 2.51. The summed E-state index contributed by atoms with van der Waals surface area (Å²) in [7, 11) is 0. The molecular weight excluding hydrogens is 324 g/mol. The van der Waals surface area contributed by atoms with Gasteiger partial charge < -0.3 is 18.9 Å². The van der Waals surface area contributed by atoms with Crippen molar-refractivity contribution in [3.8, 4) is 0 Å². The lowest BCUT2D eigenvalue weighted by Gasteiger charge is -2.28. The first-order chi connectivity index (χ1) is 11.9. The normalized spacial score (nSPS) is 20.4. The van der Waals surface area contributed by atoms with Crippen LogP contribution in [0.5, 0.6) is 0 Å². The van der Waals surface area contributed by atoms with Gasteiger partial charge in [-0.15, -0.1) is 0 Å². The molecule has 0 amide bonds. The van der Waals surface area contributed by atoms with Gasteiger partial charge in [0.2, 0.25) is 0 Å². The van der Waals surface area contributed by atoms with E-state index in [0.717, 1.165) is 38.5 Å². The SMILES string of the molecule is CC(C)CCCOC(=O)OC1CCCC(OC(=O)OCCC(C)C)C1. The molecule has 0 aromatic rings. The lowest BCUT2D eigenvalue weighted by Crippen LogP contribution is -2.32. The van der Waals surface area contributed by atoms with E-state index in [4.69, 9.17) is 18.9 Å². The number of carbonyl (C=O) groups excluding carboxylic acids is 2. The molecule has 2 unspecified atom stereocenters. The zero-order valence-corrected chi connectivity index (χ0v) is 16.1. The van der Waals surface area contributed by atoms with Crippen LogP contribution in [0.2, 0.25) is 0 Å². The minimum Gasteiger partial charge on any atom is -0.434 e. The molecule has 0 bridgehead atoms. The zero-order chi connectivity index (χ0) is 18.7. The Labute approximate surface area is 151 Å². The first-order valence-corrected chi connectivity index (χ1v) is 9.53. The second-order valence-electron chi connectivity index (χ2n) is 7.56. The summed E-state index contributed by atoms with van der Waals surface area (Å²) in [5.41, 5.74) is 0. The van der Waals surface area contributed by atoms with E-state index in [-0.39, 0.29) is 12.2 Å². The summed E-state index contributed by atoms with van der Waals surface area (Å²) in [6, 6.07) is 0. The van der Waals surface area contributed by atoms with Gasteiger partial charge in [-0.2, -0.15) is 0 Å². The van der Waals surface area contributed by atoms with E-state index in [9.17, 15) is 9.59 Å². The molecule has 0 aromatic heterocycles. The molecule has 2 atom stereocenters. The molecule has 0 aromatic carbocycles. The Morgan fingerprint density at radius 1 is 0.840 bits per heavy atom. The number of hydrogen-bond acceptors (Lipinski definition) is 6. The molecule has 6 nitrogen and oxygen atoms in total. The van der Waals surface area contributed by atoms with Crippen LogP contribution in [0.4, 0.5) is 9.59 Å². The quantitative estimate of drug-likeness (QED) is 0.422. The summed E-state index contributed by atoms with van der Waals surface area (Å²) < 4.78 is 20.8. The van der Waals surface area contributed by atoms with Crippen LogP contribution in [0.25, 0.3) is 0 Å². The average molecular weight is 358 g/mol. The van der Waals surface area contributed by atoms with E-state index < -0.39 is 12.3 Å². The van der Waals surface area contributed by atoms with Crippen molar-refractivity contribution in [2.75, 3.05) is 13.2 Å². The maximum atomic E-state index is 11.7. The topological polar surface area (TPSA) is 71.1 Å². The van der Waals surface area contributed by atoms with Gasteiger partial charge in [0.1, 0.15) is 12.2 Å². The van der Waals surface area contributed by atoms with Gasteiger partial charge >= 0.3 is 12.3 Å². The highest BCUT2D eigenvalue weighted by molar-refractivity contribution is 5.60. The van der Waals surface area contributed by atoms with Gasteiger partial charge in [-0.1, -0.05) is 27.7 Å². The Morgan fingerprint density at radius 3 is 1.88 bits per heavy atom. The van der Waals surface area contributed by atoms with Crippen LogP contribution in [0, 0.1) is 11.8 Å². The molecule has 1 rings (SSSR count). The maximum Gasteiger partial charge on any atom is 0.508 e. The van der Waals surface area contributed by atoms with Gasteiger partial charge in [-0.25, -0.2) is 9.59 Å². The summed E-state index contributed by atoms with van der Waals surface area (Å²) in [4.78, 5) is 23.4. The Kier molecular flexibility index (Phi) is 10.3. The molecular formula is C19H34O6. The highest BCUT2D eigenvalue weighted by Gasteiger charge is 2.28. The molecule has 0 spiro atoms. The summed E-state index contributed by atoms with van der Waals surface area (Å²) in [6.45, 7) is 9.15. The van der Waals surface area contributed by atoms with Gasteiger partial charge in [0.25, 0.3) is 0 Å². The third kappa shape index (κ3) is 10.9. The third-order valence-corrected chi connectivity index (χ3v) is 4.16. The fourth-order valence-electron chi connectivity index (χ4n) is 2.68.